The molecule has 1 aromatic carbocycles. The first-order chi connectivity index (χ1) is 9.40. The van der Waals surface area contributed by atoms with E-state index in [9.17, 15) is 9.18 Å². The van der Waals surface area contributed by atoms with Crippen LogP contribution < -0.4 is 4.90 Å². The van der Waals surface area contributed by atoms with E-state index in [0.717, 1.165) is 11.5 Å². The van der Waals surface area contributed by atoms with Crippen LogP contribution in [0.5, 0.6) is 0 Å². The summed E-state index contributed by atoms with van der Waals surface area (Å²) in [6, 6.07) is 3.01. The predicted octanol–water partition coefficient (Wildman–Crippen LogP) is 2.71. The van der Waals surface area contributed by atoms with E-state index in [1.165, 1.54) is 13.0 Å². The monoisotopic (exact) mass is 275 g/mol. The highest BCUT2D eigenvalue weighted by Gasteiger charge is 2.15. The van der Waals surface area contributed by atoms with Crippen LogP contribution in [0.3, 0.4) is 0 Å². The molecule has 2 rings (SSSR count). The van der Waals surface area contributed by atoms with Crippen molar-refractivity contribution in [3.05, 3.63) is 47.3 Å². The molecule has 0 aliphatic rings. The molecule has 0 unspecified atom stereocenters. The van der Waals surface area contributed by atoms with Gasteiger partial charge in [0.2, 0.25) is 0 Å². The van der Waals surface area contributed by atoms with Crippen molar-refractivity contribution >= 4 is 11.5 Å². The van der Waals surface area contributed by atoms with Gasteiger partial charge in [-0.15, -0.1) is 0 Å². The van der Waals surface area contributed by atoms with Crippen molar-refractivity contribution in [2.75, 3.05) is 11.9 Å². The van der Waals surface area contributed by atoms with Gasteiger partial charge in [0.25, 0.3) is 0 Å². The standard InChI is InChI=1S/C15H18FN3O/c1-10-7-14(12(11(2)20)8-13(10)16)19(4)9-15-17-5-6-18(15)3/h5-8H,9H2,1-4H3. The molecular weight excluding hydrogens is 257 g/mol. The Balaban J connectivity index is 2.38. The molecule has 0 N–H and O–H groups in total. The number of rotatable bonds is 4. The van der Waals surface area contributed by atoms with E-state index in [1.54, 1.807) is 19.2 Å². The molecule has 0 radical (unpaired) electrons. The highest BCUT2D eigenvalue weighted by Crippen LogP contribution is 2.25. The minimum absolute atomic E-state index is 0.148. The number of aryl methyl sites for hydroxylation is 2. The van der Waals surface area contributed by atoms with Crippen LogP contribution >= 0.6 is 0 Å². The number of Topliss-reactive ketones (excluding diaryl/α,β-unsaturated/α-hetero) is 1. The Morgan fingerprint density at radius 2 is 2.15 bits per heavy atom. The molecule has 0 saturated heterocycles. The zero-order valence-electron chi connectivity index (χ0n) is 12.1. The molecule has 0 fully saturated rings. The average Bonchev–Trinajstić information content (AvgIpc) is 2.77. The Kier molecular flexibility index (Phi) is 3.88. The molecule has 0 spiro atoms. The molecule has 106 valence electrons. The summed E-state index contributed by atoms with van der Waals surface area (Å²) in [6.45, 7) is 3.69. The molecule has 0 bridgehead atoms. The zero-order valence-corrected chi connectivity index (χ0v) is 12.1. The third-order valence-electron chi connectivity index (χ3n) is 3.37. The number of anilines is 1. The lowest BCUT2D eigenvalue weighted by molar-refractivity contribution is 0.101. The molecule has 0 aliphatic carbocycles. The number of imidazole rings is 1. The van der Waals surface area contributed by atoms with Crippen LogP contribution in [0, 0.1) is 12.7 Å². The van der Waals surface area contributed by atoms with Crippen molar-refractivity contribution < 1.29 is 9.18 Å². The number of carbonyl (C=O) groups is 1. The molecule has 0 atom stereocenters. The summed E-state index contributed by atoms with van der Waals surface area (Å²) < 4.78 is 15.6. The zero-order chi connectivity index (χ0) is 14.9. The van der Waals surface area contributed by atoms with Gasteiger partial charge in [0.15, 0.2) is 5.78 Å². The summed E-state index contributed by atoms with van der Waals surface area (Å²) in [5, 5.41) is 0. The predicted molar refractivity (Wildman–Crippen MR) is 76.5 cm³/mol. The number of carbonyl (C=O) groups excluding carboxylic acids is 1. The summed E-state index contributed by atoms with van der Waals surface area (Å²) in [5.74, 6) is 0.374. The van der Waals surface area contributed by atoms with Gasteiger partial charge in [0.1, 0.15) is 11.6 Å². The second kappa shape index (κ2) is 5.45. The number of benzene rings is 1. The lowest BCUT2D eigenvalue weighted by Crippen LogP contribution is -2.21. The highest BCUT2D eigenvalue weighted by atomic mass is 19.1. The maximum Gasteiger partial charge on any atom is 0.161 e. The van der Waals surface area contributed by atoms with Crippen LogP contribution in [0.15, 0.2) is 24.5 Å². The van der Waals surface area contributed by atoms with E-state index in [1.807, 2.05) is 29.8 Å². The molecule has 0 saturated carbocycles. The van der Waals surface area contributed by atoms with Crippen LogP contribution in [0.1, 0.15) is 28.7 Å². The molecule has 20 heavy (non-hydrogen) atoms. The Labute approximate surface area is 117 Å². The molecule has 2 aromatic rings. The largest absolute Gasteiger partial charge is 0.367 e. The van der Waals surface area contributed by atoms with Crippen molar-refractivity contribution in [2.45, 2.75) is 20.4 Å². The molecule has 1 heterocycles. The molecule has 5 heteroatoms. The van der Waals surface area contributed by atoms with E-state index in [0.29, 0.717) is 17.7 Å². The van der Waals surface area contributed by atoms with Crippen LogP contribution in [-0.4, -0.2) is 22.4 Å². The topological polar surface area (TPSA) is 38.1 Å². The molecular formula is C15H18FN3O. The summed E-state index contributed by atoms with van der Waals surface area (Å²) in [5.41, 5.74) is 1.64. The fourth-order valence-corrected chi connectivity index (χ4v) is 2.11. The van der Waals surface area contributed by atoms with Gasteiger partial charge in [0, 0.05) is 37.7 Å². The smallest absolute Gasteiger partial charge is 0.161 e. The number of hydrogen-bond donors (Lipinski definition) is 0. The fraction of sp³-hybridized carbons (Fsp3) is 0.333. The maximum atomic E-state index is 13.6. The number of halogens is 1. The van der Waals surface area contributed by atoms with E-state index < -0.39 is 0 Å². The lowest BCUT2D eigenvalue weighted by Gasteiger charge is -2.22. The molecule has 1 aromatic heterocycles. The summed E-state index contributed by atoms with van der Waals surface area (Å²) in [7, 11) is 3.78. The number of hydrogen-bond acceptors (Lipinski definition) is 3. The first-order valence-corrected chi connectivity index (χ1v) is 6.38. The highest BCUT2D eigenvalue weighted by molar-refractivity contribution is 5.99. The normalized spacial score (nSPS) is 10.7. The van der Waals surface area contributed by atoms with Gasteiger partial charge >= 0.3 is 0 Å². The fourth-order valence-electron chi connectivity index (χ4n) is 2.11. The third kappa shape index (κ3) is 2.71. The quantitative estimate of drug-likeness (QED) is 0.805. The number of ketones is 1. The van der Waals surface area contributed by atoms with Crippen molar-refractivity contribution in [3.63, 3.8) is 0 Å². The van der Waals surface area contributed by atoms with Crippen molar-refractivity contribution in [3.8, 4) is 0 Å². The van der Waals surface area contributed by atoms with Gasteiger partial charge < -0.3 is 9.47 Å². The van der Waals surface area contributed by atoms with E-state index in [4.69, 9.17) is 0 Å². The van der Waals surface area contributed by atoms with E-state index >= 15 is 0 Å². The Morgan fingerprint density at radius 1 is 1.45 bits per heavy atom. The number of nitrogens with zero attached hydrogens (tertiary/aromatic N) is 3. The minimum atomic E-state index is -0.357. The van der Waals surface area contributed by atoms with E-state index in [2.05, 4.69) is 4.98 Å². The van der Waals surface area contributed by atoms with Gasteiger partial charge in [-0.3, -0.25) is 4.79 Å². The van der Waals surface area contributed by atoms with Gasteiger partial charge in [-0.25, -0.2) is 9.37 Å². The molecule has 0 amide bonds. The first-order valence-electron chi connectivity index (χ1n) is 6.38. The van der Waals surface area contributed by atoms with Gasteiger partial charge in [-0.2, -0.15) is 0 Å². The molecule has 4 nitrogen and oxygen atoms in total. The third-order valence-corrected chi connectivity index (χ3v) is 3.37. The second-order valence-electron chi connectivity index (χ2n) is 4.99. The van der Waals surface area contributed by atoms with Gasteiger partial charge in [0.05, 0.1) is 6.54 Å². The van der Waals surface area contributed by atoms with Crippen LogP contribution in [0.4, 0.5) is 10.1 Å². The first kappa shape index (κ1) is 14.2. The van der Waals surface area contributed by atoms with Gasteiger partial charge in [-0.05, 0) is 31.5 Å². The lowest BCUT2D eigenvalue weighted by atomic mass is 10.0. The maximum absolute atomic E-state index is 13.6. The van der Waals surface area contributed by atoms with E-state index in [-0.39, 0.29) is 11.6 Å². The SMILES string of the molecule is CC(=O)c1cc(F)c(C)cc1N(C)Cc1nccn1C. The average molecular weight is 275 g/mol. The van der Waals surface area contributed by atoms with Crippen molar-refractivity contribution in [1.82, 2.24) is 9.55 Å². The summed E-state index contributed by atoms with van der Waals surface area (Å²) >= 11 is 0. The molecule has 0 aliphatic heterocycles. The van der Waals surface area contributed by atoms with Crippen LogP contribution in [0.25, 0.3) is 0 Å². The Bertz CT molecular complexity index is 649. The minimum Gasteiger partial charge on any atom is -0.367 e. The van der Waals surface area contributed by atoms with Crippen molar-refractivity contribution in [2.24, 2.45) is 7.05 Å². The van der Waals surface area contributed by atoms with Crippen LogP contribution in [-0.2, 0) is 13.6 Å². The second-order valence-corrected chi connectivity index (χ2v) is 4.99. The summed E-state index contributed by atoms with van der Waals surface area (Å²) in [4.78, 5) is 17.9. The summed E-state index contributed by atoms with van der Waals surface area (Å²) in [6.07, 6.45) is 3.59. The number of aromatic nitrogens is 2. The van der Waals surface area contributed by atoms with Crippen molar-refractivity contribution in [1.29, 1.82) is 0 Å². The van der Waals surface area contributed by atoms with Gasteiger partial charge in [-0.1, -0.05) is 0 Å². The van der Waals surface area contributed by atoms with Crippen LogP contribution in [0.2, 0.25) is 0 Å². The Hall–Kier alpha value is -2.17. The Morgan fingerprint density at radius 3 is 2.70 bits per heavy atom.